The van der Waals surface area contributed by atoms with Gasteiger partial charge in [0, 0.05) is 36.8 Å². The summed E-state index contributed by atoms with van der Waals surface area (Å²) in [5.74, 6) is -0.0654. The number of carbonyl (C=O) groups excluding carboxylic acids is 2. The molecule has 2 rings (SSSR count). The highest BCUT2D eigenvalue weighted by atomic mass is 35.5. The van der Waals surface area contributed by atoms with Crippen LogP contribution in [0.25, 0.3) is 0 Å². The predicted octanol–water partition coefficient (Wildman–Crippen LogP) is 2.39. The van der Waals surface area contributed by atoms with Gasteiger partial charge < -0.3 is 15.5 Å². The second kappa shape index (κ2) is 7.53. The number of benzene rings is 1. The van der Waals surface area contributed by atoms with Gasteiger partial charge in [-0.05, 0) is 36.1 Å². The van der Waals surface area contributed by atoms with Crippen LogP contribution in [0.15, 0.2) is 24.3 Å². The molecule has 1 aliphatic rings. The van der Waals surface area contributed by atoms with Gasteiger partial charge in [0.25, 0.3) is 5.91 Å². The Labute approximate surface area is 148 Å². The Morgan fingerprint density at radius 3 is 2.17 bits per heavy atom. The molecule has 0 saturated carbocycles. The molecular weight excluding hydrogens is 326 g/mol. The predicted molar refractivity (Wildman–Crippen MR) is 96.0 cm³/mol. The van der Waals surface area contributed by atoms with Crippen LogP contribution in [0.5, 0.6) is 0 Å². The molecule has 1 aromatic carbocycles. The summed E-state index contributed by atoms with van der Waals surface area (Å²) in [6.07, 6.45) is 0.752. The van der Waals surface area contributed by atoms with Gasteiger partial charge in [0.15, 0.2) is 0 Å². The van der Waals surface area contributed by atoms with E-state index in [-0.39, 0.29) is 17.2 Å². The van der Waals surface area contributed by atoms with E-state index in [9.17, 15) is 9.59 Å². The van der Waals surface area contributed by atoms with E-state index in [2.05, 4.69) is 0 Å². The maximum Gasteiger partial charge on any atom is 0.253 e. The van der Waals surface area contributed by atoms with Crippen LogP contribution in [0.4, 0.5) is 0 Å². The first-order valence-corrected chi connectivity index (χ1v) is 8.67. The molecule has 1 heterocycles. The van der Waals surface area contributed by atoms with Gasteiger partial charge in [-0.2, -0.15) is 0 Å². The van der Waals surface area contributed by atoms with Gasteiger partial charge in [0.1, 0.15) is 0 Å². The molecule has 1 aromatic rings. The summed E-state index contributed by atoms with van der Waals surface area (Å²) in [4.78, 5) is 28.7. The van der Waals surface area contributed by atoms with Crippen LogP contribution in [0.3, 0.4) is 0 Å². The van der Waals surface area contributed by atoms with Crippen LogP contribution in [-0.2, 0) is 4.79 Å². The lowest BCUT2D eigenvalue weighted by Crippen LogP contribution is -2.51. The number of hydrogen-bond acceptors (Lipinski definition) is 3. The van der Waals surface area contributed by atoms with Crippen molar-refractivity contribution in [2.24, 2.45) is 11.1 Å². The molecule has 2 amide bonds. The van der Waals surface area contributed by atoms with Gasteiger partial charge >= 0.3 is 0 Å². The fraction of sp³-hybridized carbons (Fsp3) is 0.556. The number of rotatable bonds is 2. The van der Waals surface area contributed by atoms with Crippen LogP contribution in [0, 0.1) is 5.41 Å². The van der Waals surface area contributed by atoms with Crippen LogP contribution < -0.4 is 5.73 Å². The average molecular weight is 352 g/mol. The second-order valence-corrected chi connectivity index (χ2v) is 7.76. The standard InChI is InChI=1S/C18H26ClN3O2/c1-18(2,3)15(20)17(24)22-10-4-9-21(11-12-22)16(23)13-5-7-14(19)8-6-13/h5-8,15H,4,9-12,20H2,1-3H3/t15-/m1/s1. The van der Waals surface area contributed by atoms with Gasteiger partial charge in [0.2, 0.25) is 5.91 Å². The molecule has 0 aromatic heterocycles. The van der Waals surface area contributed by atoms with E-state index in [1.807, 2.05) is 20.8 Å². The Balaban J connectivity index is 2.01. The fourth-order valence-electron chi connectivity index (χ4n) is 2.68. The third-order valence-corrected chi connectivity index (χ3v) is 4.64. The van der Waals surface area contributed by atoms with Crippen molar-refractivity contribution in [3.63, 3.8) is 0 Å². The van der Waals surface area contributed by atoms with Crippen molar-refractivity contribution in [1.29, 1.82) is 0 Å². The van der Waals surface area contributed by atoms with E-state index in [0.717, 1.165) is 6.42 Å². The Hall–Kier alpha value is -1.59. The molecule has 1 fully saturated rings. The van der Waals surface area contributed by atoms with Crippen molar-refractivity contribution >= 4 is 23.4 Å². The number of amides is 2. The highest BCUT2D eigenvalue weighted by Gasteiger charge is 2.32. The number of nitrogens with zero attached hydrogens (tertiary/aromatic N) is 2. The summed E-state index contributed by atoms with van der Waals surface area (Å²) >= 11 is 5.87. The van der Waals surface area contributed by atoms with E-state index in [4.69, 9.17) is 17.3 Å². The highest BCUT2D eigenvalue weighted by molar-refractivity contribution is 6.30. The van der Waals surface area contributed by atoms with Crippen molar-refractivity contribution < 1.29 is 9.59 Å². The average Bonchev–Trinajstić information content (AvgIpc) is 2.78. The van der Waals surface area contributed by atoms with Crippen LogP contribution in [0.1, 0.15) is 37.6 Å². The Kier molecular flexibility index (Phi) is 5.88. The Morgan fingerprint density at radius 2 is 1.58 bits per heavy atom. The summed E-state index contributed by atoms with van der Waals surface area (Å²) in [5.41, 5.74) is 6.43. The molecule has 1 saturated heterocycles. The molecule has 0 bridgehead atoms. The first-order valence-electron chi connectivity index (χ1n) is 8.29. The Morgan fingerprint density at radius 1 is 1.04 bits per heavy atom. The lowest BCUT2D eigenvalue weighted by atomic mass is 9.86. The SMILES string of the molecule is CC(C)(C)[C@H](N)C(=O)N1CCCN(C(=O)c2ccc(Cl)cc2)CC1. The molecule has 2 N–H and O–H groups in total. The molecule has 0 aliphatic carbocycles. The molecule has 0 radical (unpaired) electrons. The third-order valence-electron chi connectivity index (χ3n) is 4.39. The molecule has 0 unspecified atom stereocenters. The van der Waals surface area contributed by atoms with E-state index in [0.29, 0.717) is 36.8 Å². The summed E-state index contributed by atoms with van der Waals surface area (Å²) in [7, 11) is 0. The van der Waals surface area contributed by atoms with Crippen LogP contribution in [-0.4, -0.2) is 53.8 Å². The number of nitrogens with two attached hydrogens (primary N) is 1. The zero-order valence-corrected chi connectivity index (χ0v) is 15.3. The third kappa shape index (κ3) is 4.48. The van der Waals surface area contributed by atoms with Crippen molar-refractivity contribution in [3.8, 4) is 0 Å². The van der Waals surface area contributed by atoms with E-state index >= 15 is 0 Å². The normalized spacial score (nSPS) is 17.4. The van der Waals surface area contributed by atoms with Gasteiger partial charge in [0.05, 0.1) is 6.04 Å². The summed E-state index contributed by atoms with van der Waals surface area (Å²) in [5, 5.41) is 0.607. The van der Waals surface area contributed by atoms with Crippen molar-refractivity contribution in [2.45, 2.75) is 33.2 Å². The first-order chi connectivity index (χ1) is 11.2. The molecule has 132 valence electrons. The highest BCUT2D eigenvalue weighted by Crippen LogP contribution is 2.20. The zero-order valence-electron chi connectivity index (χ0n) is 14.6. The van der Waals surface area contributed by atoms with E-state index in [1.54, 1.807) is 34.1 Å². The fourth-order valence-corrected chi connectivity index (χ4v) is 2.81. The summed E-state index contributed by atoms with van der Waals surface area (Å²) < 4.78 is 0. The lowest BCUT2D eigenvalue weighted by Gasteiger charge is -2.31. The zero-order chi connectivity index (χ0) is 17.9. The largest absolute Gasteiger partial charge is 0.339 e. The van der Waals surface area contributed by atoms with Gasteiger partial charge in [-0.1, -0.05) is 32.4 Å². The minimum absolute atomic E-state index is 0.0268. The number of carbonyl (C=O) groups is 2. The Bertz CT molecular complexity index is 595. The van der Waals surface area contributed by atoms with Crippen molar-refractivity contribution in [1.82, 2.24) is 9.80 Å². The van der Waals surface area contributed by atoms with Crippen molar-refractivity contribution in [2.75, 3.05) is 26.2 Å². The minimum atomic E-state index is -0.531. The maximum atomic E-state index is 12.6. The van der Waals surface area contributed by atoms with Crippen molar-refractivity contribution in [3.05, 3.63) is 34.9 Å². The molecule has 24 heavy (non-hydrogen) atoms. The molecule has 5 nitrogen and oxygen atoms in total. The molecular formula is C18H26ClN3O2. The second-order valence-electron chi connectivity index (χ2n) is 7.32. The molecule has 0 spiro atoms. The first kappa shape index (κ1) is 18.7. The van der Waals surface area contributed by atoms with E-state index < -0.39 is 6.04 Å². The van der Waals surface area contributed by atoms with Gasteiger partial charge in [-0.3, -0.25) is 9.59 Å². The number of halogens is 1. The molecule has 6 heteroatoms. The number of hydrogen-bond donors (Lipinski definition) is 1. The quantitative estimate of drug-likeness (QED) is 0.889. The van der Waals surface area contributed by atoms with E-state index in [1.165, 1.54) is 0 Å². The summed E-state index contributed by atoms with van der Waals surface area (Å²) in [6.45, 7) is 8.19. The van der Waals surface area contributed by atoms with Crippen LogP contribution in [0.2, 0.25) is 5.02 Å². The van der Waals surface area contributed by atoms with Gasteiger partial charge in [-0.25, -0.2) is 0 Å². The minimum Gasteiger partial charge on any atom is -0.339 e. The smallest absolute Gasteiger partial charge is 0.253 e. The molecule has 1 aliphatic heterocycles. The van der Waals surface area contributed by atoms with Gasteiger partial charge in [-0.15, -0.1) is 0 Å². The van der Waals surface area contributed by atoms with Crippen LogP contribution >= 0.6 is 11.6 Å². The monoisotopic (exact) mass is 351 g/mol. The molecule has 1 atom stereocenters. The topological polar surface area (TPSA) is 66.6 Å². The summed E-state index contributed by atoms with van der Waals surface area (Å²) in [6, 6.07) is 6.36. The maximum absolute atomic E-state index is 12.6. The lowest BCUT2D eigenvalue weighted by molar-refractivity contribution is -0.134.